The Morgan fingerprint density at radius 1 is 1.29 bits per heavy atom. The highest BCUT2D eigenvalue weighted by Crippen LogP contribution is 2.30. The molecule has 2 amide bonds. The van der Waals surface area contributed by atoms with Crippen molar-refractivity contribution in [3.05, 3.63) is 35.9 Å². The molecule has 1 fully saturated rings. The first-order valence-corrected chi connectivity index (χ1v) is 7.82. The molecule has 1 saturated heterocycles. The second-order valence-corrected chi connectivity index (χ2v) is 5.99. The molecule has 7 heteroatoms. The number of carbonyl (C=O) groups excluding carboxylic acids is 2. The topological polar surface area (TPSA) is 95.9 Å². The van der Waals surface area contributed by atoms with Gasteiger partial charge in [-0.3, -0.25) is 14.4 Å². The molecule has 1 aromatic carbocycles. The SMILES string of the molecule is COC[C@]1(C(=O)O)CCCN(C(=O)CNC(=O)c2ccccc2)C1. The number of rotatable bonds is 6. The third-order valence-electron chi connectivity index (χ3n) is 4.24. The van der Waals surface area contributed by atoms with Gasteiger partial charge in [0.2, 0.25) is 5.91 Å². The van der Waals surface area contributed by atoms with Crippen molar-refractivity contribution in [1.82, 2.24) is 10.2 Å². The molecule has 7 nitrogen and oxygen atoms in total. The van der Waals surface area contributed by atoms with E-state index < -0.39 is 11.4 Å². The van der Waals surface area contributed by atoms with Gasteiger partial charge in [-0.15, -0.1) is 0 Å². The second kappa shape index (κ2) is 7.92. The summed E-state index contributed by atoms with van der Waals surface area (Å²) in [7, 11) is 1.45. The van der Waals surface area contributed by atoms with Crippen LogP contribution in [-0.4, -0.2) is 61.1 Å². The van der Waals surface area contributed by atoms with E-state index in [-0.39, 0.29) is 31.5 Å². The molecule has 2 N–H and O–H groups in total. The molecule has 1 aliphatic heterocycles. The molecule has 0 unspecified atom stereocenters. The van der Waals surface area contributed by atoms with Gasteiger partial charge >= 0.3 is 5.97 Å². The lowest BCUT2D eigenvalue weighted by Gasteiger charge is -2.39. The largest absolute Gasteiger partial charge is 0.481 e. The maximum absolute atomic E-state index is 12.3. The molecule has 1 atom stereocenters. The Morgan fingerprint density at radius 2 is 2.00 bits per heavy atom. The van der Waals surface area contributed by atoms with Gasteiger partial charge in [-0.05, 0) is 25.0 Å². The summed E-state index contributed by atoms with van der Waals surface area (Å²) in [5.41, 5.74) is -0.602. The third-order valence-corrected chi connectivity index (χ3v) is 4.24. The van der Waals surface area contributed by atoms with Crippen molar-refractivity contribution in [2.24, 2.45) is 5.41 Å². The normalized spacial score (nSPS) is 20.5. The summed E-state index contributed by atoms with van der Waals surface area (Å²) in [5, 5.41) is 12.1. The molecular weight excluding hydrogens is 312 g/mol. The Labute approximate surface area is 140 Å². The Kier molecular flexibility index (Phi) is 5.92. The van der Waals surface area contributed by atoms with Crippen LogP contribution in [0.5, 0.6) is 0 Å². The van der Waals surface area contributed by atoms with E-state index in [0.717, 1.165) is 0 Å². The first-order valence-electron chi connectivity index (χ1n) is 7.82. The Hall–Kier alpha value is -2.41. The average molecular weight is 334 g/mol. The highest BCUT2D eigenvalue weighted by atomic mass is 16.5. The van der Waals surface area contributed by atoms with Gasteiger partial charge in [-0.25, -0.2) is 0 Å². The van der Waals surface area contributed by atoms with Gasteiger partial charge in [-0.1, -0.05) is 18.2 Å². The number of nitrogens with zero attached hydrogens (tertiary/aromatic N) is 1. The molecule has 0 aromatic heterocycles. The molecule has 0 spiro atoms. The van der Waals surface area contributed by atoms with Crippen LogP contribution in [0, 0.1) is 5.41 Å². The van der Waals surface area contributed by atoms with Gasteiger partial charge in [0.25, 0.3) is 5.91 Å². The van der Waals surface area contributed by atoms with Crippen LogP contribution in [0.1, 0.15) is 23.2 Å². The number of nitrogens with one attached hydrogen (secondary N) is 1. The molecule has 1 aliphatic rings. The fourth-order valence-electron chi connectivity index (χ4n) is 2.93. The van der Waals surface area contributed by atoms with Gasteiger partial charge in [0.15, 0.2) is 0 Å². The number of likely N-dealkylation sites (tertiary alicyclic amines) is 1. The molecule has 2 rings (SSSR count). The van der Waals surface area contributed by atoms with Crippen molar-refractivity contribution >= 4 is 17.8 Å². The average Bonchev–Trinajstić information content (AvgIpc) is 2.60. The van der Waals surface area contributed by atoms with Crippen LogP contribution in [0.3, 0.4) is 0 Å². The van der Waals surface area contributed by atoms with E-state index in [0.29, 0.717) is 24.9 Å². The maximum atomic E-state index is 12.3. The minimum absolute atomic E-state index is 0.0580. The van der Waals surface area contributed by atoms with E-state index in [1.807, 2.05) is 0 Å². The predicted octanol–water partition coefficient (Wildman–Crippen LogP) is 0.756. The summed E-state index contributed by atoms with van der Waals surface area (Å²) in [6.45, 7) is 0.480. The van der Waals surface area contributed by atoms with E-state index in [1.165, 1.54) is 12.0 Å². The molecule has 0 aliphatic carbocycles. The van der Waals surface area contributed by atoms with Crippen molar-refractivity contribution in [3.63, 3.8) is 0 Å². The Morgan fingerprint density at radius 3 is 2.62 bits per heavy atom. The number of aliphatic carboxylic acids is 1. The first-order chi connectivity index (χ1) is 11.5. The number of carboxylic acids is 1. The first kappa shape index (κ1) is 17.9. The van der Waals surface area contributed by atoms with Crippen molar-refractivity contribution in [1.29, 1.82) is 0 Å². The Bertz CT molecular complexity index is 600. The van der Waals surface area contributed by atoms with Crippen molar-refractivity contribution in [3.8, 4) is 0 Å². The number of amides is 2. The van der Waals surface area contributed by atoms with E-state index in [2.05, 4.69) is 5.32 Å². The van der Waals surface area contributed by atoms with Gasteiger partial charge in [0, 0.05) is 25.8 Å². The van der Waals surface area contributed by atoms with Gasteiger partial charge in [-0.2, -0.15) is 0 Å². The summed E-state index contributed by atoms with van der Waals surface area (Å²) >= 11 is 0. The minimum atomic E-state index is -1.08. The number of hydrogen-bond acceptors (Lipinski definition) is 4. The van der Waals surface area contributed by atoms with Crippen LogP contribution in [0.2, 0.25) is 0 Å². The van der Waals surface area contributed by atoms with Gasteiger partial charge < -0.3 is 20.1 Å². The number of piperidine rings is 1. The third kappa shape index (κ3) is 4.11. The maximum Gasteiger partial charge on any atom is 0.313 e. The molecule has 1 aromatic rings. The Balaban J connectivity index is 1.94. The zero-order chi connectivity index (χ0) is 17.6. The number of hydrogen-bond donors (Lipinski definition) is 2. The monoisotopic (exact) mass is 334 g/mol. The lowest BCUT2D eigenvalue weighted by atomic mass is 9.80. The number of methoxy groups -OCH3 is 1. The van der Waals surface area contributed by atoms with Crippen molar-refractivity contribution < 1.29 is 24.2 Å². The van der Waals surface area contributed by atoms with Crippen LogP contribution in [-0.2, 0) is 14.3 Å². The lowest BCUT2D eigenvalue weighted by Crippen LogP contribution is -2.53. The van der Waals surface area contributed by atoms with Crippen LogP contribution < -0.4 is 5.32 Å². The zero-order valence-electron chi connectivity index (χ0n) is 13.7. The van der Waals surface area contributed by atoms with Crippen LogP contribution in [0.4, 0.5) is 0 Å². The van der Waals surface area contributed by atoms with Crippen LogP contribution in [0.25, 0.3) is 0 Å². The quantitative estimate of drug-likeness (QED) is 0.800. The molecule has 1 heterocycles. The highest BCUT2D eigenvalue weighted by molar-refractivity contribution is 5.96. The van der Waals surface area contributed by atoms with E-state index in [1.54, 1.807) is 30.3 Å². The molecule has 0 saturated carbocycles. The number of ether oxygens (including phenoxy) is 1. The molecule has 0 radical (unpaired) electrons. The van der Waals surface area contributed by atoms with Gasteiger partial charge in [0.05, 0.1) is 13.2 Å². The second-order valence-electron chi connectivity index (χ2n) is 5.99. The van der Waals surface area contributed by atoms with E-state index >= 15 is 0 Å². The summed E-state index contributed by atoms with van der Waals surface area (Å²) in [4.78, 5) is 37.4. The summed E-state index contributed by atoms with van der Waals surface area (Å²) in [5.74, 6) is -1.58. The van der Waals surface area contributed by atoms with Gasteiger partial charge in [0.1, 0.15) is 5.41 Å². The lowest BCUT2D eigenvalue weighted by molar-refractivity contribution is -0.158. The zero-order valence-corrected chi connectivity index (χ0v) is 13.7. The van der Waals surface area contributed by atoms with Crippen LogP contribution in [0.15, 0.2) is 30.3 Å². The van der Waals surface area contributed by atoms with E-state index in [9.17, 15) is 19.5 Å². The molecule has 0 bridgehead atoms. The number of carbonyl (C=O) groups is 3. The highest BCUT2D eigenvalue weighted by Gasteiger charge is 2.43. The molecule has 130 valence electrons. The molecule has 24 heavy (non-hydrogen) atoms. The summed E-state index contributed by atoms with van der Waals surface area (Å²) in [6.07, 6.45) is 1.06. The number of carboxylic acid groups (broad SMARTS) is 1. The smallest absolute Gasteiger partial charge is 0.313 e. The fourth-order valence-corrected chi connectivity index (χ4v) is 2.93. The summed E-state index contributed by atoms with van der Waals surface area (Å²) < 4.78 is 5.04. The van der Waals surface area contributed by atoms with Crippen molar-refractivity contribution in [2.45, 2.75) is 12.8 Å². The predicted molar refractivity (Wildman–Crippen MR) is 86.5 cm³/mol. The standard InChI is InChI=1S/C17H22N2O5/c1-24-12-17(16(22)23)8-5-9-19(11-17)14(20)10-18-15(21)13-6-3-2-4-7-13/h2-4,6-7H,5,8-12H2,1H3,(H,18,21)(H,22,23)/t17-/m0/s1. The summed E-state index contributed by atoms with van der Waals surface area (Å²) in [6, 6.07) is 8.61. The number of benzene rings is 1. The fraction of sp³-hybridized carbons (Fsp3) is 0.471. The molecular formula is C17H22N2O5. The van der Waals surface area contributed by atoms with Crippen LogP contribution >= 0.6 is 0 Å². The van der Waals surface area contributed by atoms with E-state index in [4.69, 9.17) is 4.74 Å². The minimum Gasteiger partial charge on any atom is -0.481 e. The van der Waals surface area contributed by atoms with Crippen molar-refractivity contribution in [2.75, 3.05) is 33.4 Å².